The minimum Gasteiger partial charge on any atom is -0.373 e. The van der Waals surface area contributed by atoms with Crippen molar-refractivity contribution in [2.75, 3.05) is 13.2 Å². The molecule has 3 rings (SSSR count). The first kappa shape index (κ1) is 14.3. The fraction of sp³-hybridized carbons (Fsp3) is 0.455. The van der Waals surface area contributed by atoms with Crippen molar-refractivity contribution in [3.63, 3.8) is 0 Å². The summed E-state index contributed by atoms with van der Waals surface area (Å²) in [5.74, 6) is -0.641. The molecule has 1 aliphatic heterocycles. The Kier molecular flexibility index (Phi) is 3.81. The second kappa shape index (κ2) is 5.61. The van der Waals surface area contributed by atoms with E-state index in [1.165, 1.54) is 12.5 Å². The molecule has 8 nitrogen and oxygen atoms in total. The molecule has 2 unspecified atom stereocenters. The summed E-state index contributed by atoms with van der Waals surface area (Å²) < 4.78 is 35.9. The van der Waals surface area contributed by atoms with Gasteiger partial charge in [-0.1, -0.05) is 0 Å². The maximum atomic E-state index is 13.9. The van der Waals surface area contributed by atoms with Crippen molar-refractivity contribution in [2.45, 2.75) is 18.6 Å². The molecular formula is C11H12FN3O5P+. The van der Waals surface area contributed by atoms with Crippen molar-refractivity contribution in [2.24, 2.45) is 0 Å². The van der Waals surface area contributed by atoms with Crippen LogP contribution in [0.25, 0.3) is 11.0 Å². The molecule has 0 radical (unpaired) electrons. The first-order valence-corrected chi connectivity index (χ1v) is 7.33. The summed E-state index contributed by atoms with van der Waals surface area (Å²) in [6, 6.07) is -0.212. The van der Waals surface area contributed by atoms with Crippen LogP contribution in [0.2, 0.25) is 0 Å². The van der Waals surface area contributed by atoms with Crippen LogP contribution in [-0.4, -0.2) is 38.7 Å². The van der Waals surface area contributed by atoms with Crippen LogP contribution < -0.4 is 5.56 Å². The van der Waals surface area contributed by atoms with Gasteiger partial charge in [0.15, 0.2) is 11.5 Å². The van der Waals surface area contributed by atoms with E-state index in [-0.39, 0.29) is 36.4 Å². The lowest BCUT2D eigenvalue weighted by molar-refractivity contribution is 0.0648. The molecule has 2 N–H and O–H groups in total. The van der Waals surface area contributed by atoms with Crippen LogP contribution in [0.3, 0.4) is 0 Å². The lowest BCUT2D eigenvalue weighted by atomic mass is 10.2. The van der Waals surface area contributed by atoms with Gasteiger partial charge < -0.3 is 14.3 Å². The molecule has 2 aromatic rings. The van der Waals surface area contributed by atoms with Crippen molar-refractivity contribution >= 4 is 19.3 Å². The smallest absolute Gasteiger partial charge is 0.373 e. The molecule has 21 heavy (non-hydrogen) atoms. The minimum atomic E-state index is -2.67. The fourth-order valence-corrected chi connectivity index (χ4v) is 2.76. The van der Waals surface area contributed by atoms with E-state index >= 15 is 0 Å². The highest BCUT2D eigenvalue weighted by Crippen LogP contribution is 2.29. The fourth-order valence-electron chi connectivity index (χ4n) is 2.47. The van der Waals surface area contributed by atoms with Crippen molar-refractivity contribution in [1.82, 2.24) is 14.5 Å². The Morgan fingerprint density at radius 2 is 2.48 bits per heavy atom. The number of hydrogen-bond donors (Lipinski definition) is 2. The SMILES string of the molecule is O=c1[nH]cnc2c1c(F)cn2[C@@H]1COC(CO[P+](=O)O)C1. The van der Waals surface area contributed by atoms with Crippen LogP contribution in [0.15, 0.2) is 17.3 Å². The van der Waals surface area contributed by atoms with Gasteiger partial charge in [-0.25, -0.2) is 9.37 Å². The highest BCUT2D eigenvalue weighted by Gasteiger charge is 2.31. The predicted molar refractivity (Wildman–Crippen MR) is 69.5 cm³/mol. The van der Waals surface area contributed by atoms with E-state index in [1.54, 1.807) is 4.57 Å². The van der Waals surface area contributed by atoms with Crippen LogP contribution in [0.1, 0.15) is 12.5 Å². The number of aromatic nitrogens is 3. The second-order valence-corrected chi connectivity index (χ2v) is 5.43. The number of ether oxygens (including phenoxy) is 1. The first-order chi connectivity index (χ1) is 10.1. The number of hydrogen-bond acceptors (Lipinski definition) is 5. The van der Waals surface area contributed by atoms with Crippen molar-refractivity contribution in [3.8, 4) is 0 Å². The molecular weight excluding hydrogens is 304 g/mol. The minimum absolute atomic E-state index is 0.0160. The van der Waals surface area contributed by atoms with E-state index in [9.17, 15) is 13.8 Å². The summed E-state index contributed by atoms with van der Waals surface area (Å²) in [6.07, 6.45) is 2.55. The Hall–Kier alpha value is -1.67. The lowest BCUT2D eigenvalue weighted by Crippen LogP contribution is -2.13. The van der Waals surface area contributed by atoms with Gasteiger partial charge in [0.2, 0.25) is 0 Å². The molecule has 1 fully saturated rings. The molecule has 0 bridgehead atoms. The van der Waals surface area contributed by atoms with E-state index < -0.39 is 19.6 Å². The average molecular weight is 316 g/mol. The quantitative estimate of drug-likeness (QED) is 0.810. The summed E-state index contributed by atoms with van der Waals surface area (Å²) >= 11 is 0. The highest BCUT2D eigenvalue weighted by molar-refractivity contribution is 7.32. The van der Waals surface area contributed by atoms with Gasteiger partial charge in [-0.05, 0) is 6.42 Å². The van der Waals surface area contributed by atoms with E-state index in [4.69, 9.17) is 9.63 Å². The maximum absolute atomic E-state index is 13.9. The molecule has 2 aromatic heterocycles. The monoisotopic (exact) mass is 316 g/mol. The van der Waals surface area contributed by atoms with Crippen LogP contribution in [0, 0.1) is 5.82 Å². The standard InChI is InChI=1S/C11H11FN3O5P/c12-8-2-15(10-9(8)11(16)14-5-13-10)6-1-7(19-3-6)4-20-21(17)18/h2,5-7H,1,3-4H2,(H-,13,14,16,17,18)/p+1/t6-,7?/m0/s1. The van der Waals surface area contributed by atoms with Gasteiger partial charge in [-0.3, -0.25) is 4.79 Å². The normalized spacial score (nSPS) is 22.9. The van der Waals surface area contributed by atoms with Gasteiger partial charge in [0, 0.05) is 10.8 Å². The largest absolute Gasteiger partial charge is 0.694 e. The number of fused-ring (bicyclic) bond motifs is 1. The van der Waals surface area contributed by atoms with Crippen LogP contribution >= 0.6 is 8.25 Å². The second-order valence-electron chi connectivity index (χ2n) is 4.69. The summed E-state index contributed by atoms with van der Waals surface area (Å²) in [5.41, 5.74) is -0.285. The molecule has 0 aromatic carbocycles. The van der Waals surface area contributed by atoms with Gasteiger partial charge in [-0.2, -0.15) is 0 Å². The Labute approximate surface area is 118 Å². The number of nitrogens with zero attached hydrogens (tertiary/aromatic N) is 2. The summed E-state index contributed by atoms with van der Waals surface area (Å²) in [7, 11) is -2.67. The van der Waals surface area contributed by atoms with E-state index in [2.05, 4.69) is 14.5 Å². The third kappa shape index (κ3) is 2.73. The molecule has 112 valence electrons. The number of rotatable bonds is 4. The predicted octanol–water partition coefficient (Wildman–Crippen LogP) is 0.860. The zero-order chi connectivity index (χ0) is 15.0. The Morgan fingerprint density at radius 3 is 3.24 bits per heavy atom. The molecule has 3 atom stereocenters. The highest BCUT2D eigenvalue weighted by atomic mass is 31.1. The van der Waals surface area contributed by atoms with Crippen molar-refractivity contribution < 1.29 is 23.1 Å². The maximum Gasteiger partial charge on any atom is 0.694 e. The van der Waals surface area contributed by atoms with E-state index in [0.29, 0.717) is 6.42 Å². The Bertz CT molecular complexity index is 745. The van der Waals surface area contributed by atoms with E-state index in [1.807, 2.05) is 0 Å². The topological polar surface area (TPSA) is 106 Å². The van der Waals surface area contributed by atoms with Crippen LogP contribution in [0.5, 0.6) is 0 Å². The van der Waals surface area contributed by atoms with Gasteiger partial charge in [0.25, 0.3) is 5.56 Å². The van der Waals surface area contributed by atoms with Gasteiger partial charge in [0.1, 0.15) is 12.0 Å². The van der Waals surface area contributed by atoms with Gasteiger partial charge in [0.05, 0.1) is 25.1 Å². The Balaban J connectivity index is 1.84. The summed E-state index contributed by atoms with van der Waals surface area (Å²) in [4.78, 5) is 26.5. The number of H-pyrrole nitrogens is 1. The molecule has 0 spiro atoms. The molecule has 3 heterocycles. The summed E-state index contributed by atoms with van der Waals surface area (Å²) in [6.45, 7) is 0.270. The number of halogens is 1. The van der Waals surface area contributed by atoms with Gasteiger partial charge >= 0.3 is 8.25 Å². The third-order valence-electron chi connectivity index (χ3n) is 3.39. The van der Waals surface area contributed by atoms with Gasteiger partial charge in [-0.15, -0.1) is 9.42 Å². The lowest BCUT2D eigenvalue weighted by Gasteiger charge is -2.10. The summed E-state index contributed by atoms with van der Waals surface area (Å²) in [5, 5.41) is -0.0874. The zero-order valence-electron chi connectivity index (χ0n) is 10.7. The molecule has 1 saturated heterocycles. The van der Waals surface area contributed by atoms with E-state index in [0.717, 1.165) is 0 Å². The molecule has 0 saturated carbocycles. The molecule has 10 heteroatoms. The van der Waals surface area contributed by atoms with Crippen LogP contribution in [-0.2, 0) is 13.8 Å². The molecule has 0 amide bonds. The Morgan fingerprint density at radius 1 is 1.67 bits per heavy atom. The van der Waals surface area contributed by atoms with Crippen molar-refractivity contribution in [3.05, 3.63) is 28.7 Å². The van der Waals surface area contributed by atoms with Crippen LogP contribution in [0.4, 0.5) is 4.39 Å². The first-order valence-electron chi connectivity index (χ1n) is 6.20. The molecule has 0 aliphatic carbocycles. The average Bonchev–Trinajstić information content (AvgIpc) is 3.02. The molecule has 1 aliphatic rings. The third-order valence-corrected chi connectivity index (χ3v) is 3.76. The number of nitrogens with one attached hydrogen (secondary N) is 1. The number of aromatic amines is 1. The van der Waals surface area contributed by atoms with Crippen molar-refractivity contribution in [1.29, 1.82) is 0 Å². The zero-order valence-corrected chi connectivity index (χ0v) is 11.6.